The van der Waals surface area contributed by atoms with Crippen LogP contribution in [0, 0.1) is 0 Å². The SMILES string of the molecule is O=C(O)c1csc(S(=O)(=O)Nc2ccc3nc(N4CCOCC4)sc3c2)c1. The van der Waals surface area contributed by atoms with Crippen molar-refractivity contribution in [3.63, 3.8) is 0 Å². The molecule has 3 aromatic rings. The van der Waals surface area contributed by atoms with E-state index in [0.717, 1.165) is 45.8 Å². The van der Waals surface area contributed by atoms with E-state index in [4.69, 9.17) is 9.84 Å². The van der Waals surface area contributed by atoms with E-state index >= 15 is 0 Å². The lowest BCUT2D eigenvalue weighted by atomic mass is 10.3. The summed E-state index contributed by atoms with van der Waals surface area (Å²) in [5.41, 5.74) is 1.16. The minimum absolute atomic E-state index is 0.0432. The van der Waals surface area contributed by atoms with Crippen molar-refractivity contribution in [2.45, 2.75) is 4.21 Å². The van der Waals surface area contributed by atoms with Crippen molar-refractivity contribution in [1.29, 1.82) is 0 Å². The fourth-order valence-electron chi connectivity index (χ4n) is 2.64. The van der Waals surface area contributed by atoms with Crippen LogP contribution in [0.2, 0.25) is 0 Å². The maximum Gasteiger partial charge on any atom is 0.336 e. The second-order valence-corrected chi connectivity index (χ2v) is 9.67. The molecule has 0 saturated carbocycles. The van der Waals surface area contributed by atoms with Gasteiger partial charge in [-0.05, 0) is 24.3 Å². The van der Waals surface area contributed by atoms with Gasteiger partial charge in [0.1, 0.15) is 4.21 Å². The van der Waals surface area contributed by atoms with Crippen LogP contribution in [0.3, 0.4) is 0 Å². The van der Waals surface area contributed by atoms with E-state index in [-0.39, 0.29) is 9.77 Å². The number of carbonyl (C=O) groups is 1. The van der Waals surface area contributed by atoms with Crippen LogP contribution in [-0.2, 0) is 14.8 Å². The van der Waals surface area contributed by atoms with Crippen LogP contribution < -0.4 is 9.62 Å². The van der Waals surface area contributed by atoms with Crippen molar-refractivity contribution in [2.24, 2.45) is 0 Å². The largest absolute Gasteiger partial charge is 0.478 e. The third-order valence-electron chi connectivity index (χ3n) is 4.00. The second-order valence-electron chi connectivity index (χ2n) is 5.84. The van der Waals surface area contributed by atoms with Gasteiger partial charge in [-0.1, -0.05) is 11.3 Å². The number of carboxylic acids is 1. The van der Waals surface area contributed by atoms with Gasteiger partial charge in [-0.15, -0.1) is 11.3 Å². The Bertz CT molecular complexity index is 1100. The number of carboxylic acid groups (broad SMARTS) is 1. The Morgan fingerprint density at radius 3 is 2.74 bits per heavy atom. The van der Waals surface area contributed by atoms with Crippen LogP contribution in [0.4, 0.5) is 10.8 Å². The molecule has 1 fully saturated rings. The average Bonchev–Trinajstić information content (AvgIpc) is 3.29. The molecule has 1 saturated heterocycles. The summed E-state index contributed by atoms with van der Waals surface area (Å²) in [6.45, 7) is 2.90. The third-order valence-corrected chi connectivity index (χ3v) is 7.90. The number of morpholine rings is 1. The maximum atomic E-state index is 12.5. The van der Waals surface area contributed by atoms with Gasteiger partial charge in [-0.25, -0.2) is 18.2 Å². The highest BCUT2D eigenvalue weighted by atomic mass is 32.2. The zero-order valence-corrected chi connectivity index (χ0v) is 16.4. The maximum absolute atomic E-state index is 12.5. The van der Waals surface area contributed by atoms with Gasteiger partial charge in [0.25, 0.3) is 10.0 Å². The summed E-state index contributed by atoms with van der Waals surface area (Å²) in [4.78, 5) is 17.7. The molecular formula is C16H15N3O5S3. The van der Waals surface area contributed by atoms with Crippen molar-refractivity contribution >= 4 is 59.7 Å². The van der Waals surface area contributed by atoms with Crippen molar-refractivity contribution in [3.8, 4) is 0 Å². The Morgan fingerprint density at radius 2 is 2.04 bits per heavy atom. The molecule has 1 aliphatic rings. The summed E-state index contributed by atoms with van der Waals surface area (Å²) in [6.07, 6.45) is 0. The first kappa shape index (κ1) is 18.2. The smallest absolute Gasteiger partial charge is 0.336 e. The van der Waals surface area contributed by atoms with Crippen molar-refractivity contribution < 1.29 is 23.1 Å². The predicted molar refractivity (Wildman–Crippen MR) is 105 cm³/mol. The molecule has 1 aromatic carbocycles. The van der Waals surface area contributed by atoms with E-state index in [1.54, 1.807) is 18.2 Å². The lowest BCUT2D eigenvalue weighted by Gasteiger charge is -2.25. The first-order valence-corrected chi connectivity index (χ1v) is 11.2. The van der Waals surface area contributed by atoms with Gasteiger partial charge in [0.15, 0.2) is 5.13 Å². The number of aromatic carboxylic acids is 1. The number of hydrogen-bond acceptors (Lipinski definition) is 8. The number of anilines is 2. The van der Waals surface area contributed by atoms with Crippen LogP contribution in [0.5, 0.6) is 0 Å². The molecule has 3 heterocycles. The van der Waals surface area contributed by atoms with Gasteiger partial charge < -0.3 is 14.7 Å². The minimum Gasteiger partial charge on any atom is -0.478 e. The lowest BCUT2D eigenvalue weighted by molar-refractivity contribution is 0.0697. The number of sulfonamides is 1. The minimum atomic E-state index is -3.85. The molecule has 2 N–H and O–H groups in total. The van der Waals surface area contributed by atoms with E-state index in [9.17, 15) is 13.2 Å². The Balaban J connectivity index is 1.58. The number of ether oxygens (including phenoxy) is 1. The number of fused-ring (bicyclic) bond motifs is 1. The molecule has 0 radical (unpaired) electrons. The fraction of sp³-hybridized carbons (Fsp3) is 0.250. The number of thiophene rings is 1. The summed E-state index contributed by atoms with van der Waals surface area (Å²) >= 11 is 2.37. The summed E-state index contributed by atoms with van der Waals surface area (Å²) in [7, 11) is -3.85. The van der Waals surface area contributed by atoms with Crippen LogP contribution in [0.15, 0.2) is 33.9 Å². The molecule has 1 aliphatic heterocycles. The number of thiazole rings is 1. The third kappa shape index (κ3) is 3.76. The molecule has 142 valence electrons. The van der Waals surface area contributed by atoms with Gasteiger partial charge >= 0.3 is 5.97 Å². The predicted octanol–water partition coefficient (Wildman–Crippen LogP) is 2.69. The van der Waals surface area contributed by atoms with Crippen LogP contribution in [-0.4, -0.2) is 50.8 Å². The molecule has 8 nitrogen and oxygen atoms in total. The van der Waals surface area contributed by atoms with E-state index in [2.05, 4.69) is 14.6 Å². The monoisotopic (exact) mass is 425 g/mol. The first-order chi connectivity index (χ1) is 12.9. The van der Waals surface area contributed by atoms with E-state index in [0.29, 0.717) is 18.9 Å². The molecular weight excluding hydrogens is 410 g/mol. The first-order valence-electron chi connectivity index (χ1n) is 8.00. The lowest BCUT2D eigenvalue weighted by Crippen LogP contribution is -2.36. The molecule has 4 rings (SSSR count). The molecule has 0 atom stereocenters. The quantitative estimate of drug-likeness (QED) is 0.647. The second kappa shape index (κ2) is 7.08. The molecule has 0 spiro atoms. The van der Waals surface area contributed by atoms with Crippen LogP contribution in [0.1, 0.15) is 10.4 Å². The topological polar surface area (TPSA) is 109 Å². The van der Waals surface area contributed by atoms with E-state index in [1.165, 1.54) is 16.7 Å². The van der Waals surface area contributed by atoms with Crippen LogP contribution >= 0.6 is 22.7 Å². The molecule has 0 unspecified atom stereocenters. The number of aromatic nitrogens is 1. The van der Waals surface area contributed by atoms with Crippen LogP contribution in [0.25, 0.3) is 10.2 Å². The zero-order valence-electron chi connectivity index (χ0n) is 13.9. The number of benzene rings is 1. The van der Waals surface area contributed by atoms with Gasteiger partial charge in [0.2, 0.25) is 0 Å². The number of hydrogen-bond donors (Lipinski definition) is 2. The molecule has 11 heteroatoms. The summed E-state index contributed by atoms with van der Waals surface area (Å²) in [5.74, 6) is -1.16. The Morgan fingerprint density at radius 1 is 1.26 bits per heavy atom. The summed E-state index contributed by atoms with van der Waals surface area (Å²) in [5, 5.41) is 11.1. The highest BCUT2D eigenvalue weighted by Crippen LogP contribution is 2.32. The molecule has 0 bridgehead atoms. The van der Waals surface area contributed by atoms with E-state index < -0.39 is 16.0 Å². The van der Waals surface area contributed by atoms with Crippen molar-refractivity contribution in [1.82, 2.24) is 4.98 Å². The average molecular weight is 426 g/mol. The van der Waals surface area contributed by atoms with Crippen molar-refractivity contribution in [3.05, 3.63) is 35.2 Å². The van der Waals surface area contributed by atoms with Gasteiger partial charge in [0, 0.05) is 18.5 Å². The van der Waals surface area contributed by atoms with Gasteiger partial charge in [0.05, 0.1) is 34.7 Å². The van der Waals surface area contributed by atoms with E-state index in [1.807, 2.05) is 0 Å². The van der Waals surface area contributed by atoms with Gasteiger partial charge in [-0.2, -0.15) is 0 Å². The highest BCUT2D eigenvalue weighted by molar-refractivity contribution is 7.94. The highest BCUT2D eigenvalue weighted by Gasteiger charge is 2.20. The normalized spacial score (nSPS) is 15.2. The standard InChI is InChI=1S/C16H15N3O5S3/c20-15(21)10-7-14(25-9-10)27(22,23)18-11-1-2-12-13(8-11)26-16(17-12)19-3-5-24-6-4-19/h1-2,7-9,18H,3-6H2,(H,20,21). The Hall–Kier alpha value is -2.21. The molecule has 0 aliphatic carbocycles. The molecule has 0 amide bonds. The Kier molecular flexibility index (Phi) is 4.76. The van der Waals surface area contributed by atoms with Gasteiger partial charge in [-0.3, -0.25) is 4.72 Å². The number of nitrogens with zero attached hydrogens (tertiary/aromatic N) is 2. The number of nitrogens with one attached hydrogen (secondary N) is 1. The zero-order chi connectivity index (χ0) is 19.0. The fourth-order valence-corrected chi connectivity index (χ4v) is 5.90. The summed E-state index contributed by atoms with van der Waals surface area (Å²) < 4.78 is 33.7. The Labute approximate surface area is 163 Å². The van der Waals surface area contributed by atoms with Crippen molar-refractivity contribution in [2.75, 3.05) is 35.9 Å². The number of rotatable bonds is 5. The molecule has 2 aromatic heterocycles. The molecule has 27 heavy (non-hydrogen) atoms. The summed E-state index contributed by atoms with van der Waals surface area (Å²) in [6, 6.07) is 6.30.